The number of H-pyrrole nitrogens is 1. The van der Waals surface area contributed by atoms with E-state index in [1.165, 1.54) is 6.33 Å². The summed E-state index contributed by atoms with van der Waals surface area (Å²) in [6.45, 7) is 0.534. The van der Waals surface area contributed by atoms with Crippen LogP contribution in [-0.4, -0.2) is 34.4 Å². The zero-order valence-corrected chi connectivity index (χ0v) is 16.6. The van der Waals surface area contributed by atoms with E-state index in [2.05, 4.69) is 30.8 Å². The van der Waals surface area contributed by atoms with Gasteiger partial charge in [0.2, 0.25) is 0 Å². The van der Waals surface area contributed by atoms with Crippen LogP contribution < -0.4 is 20.1 Å². The lowest BCUT2D eigenvalue weighted by Crippen LogP contribution is -2.02. The first kappa shape index (κ1) is 18.8. The SMILES string of the molecule is COc1ccc(CNc2n[nH]c3ncnc(Nc4cccc(Cl)c4)c23)cc1OC. The summed E-state index contributed by atoms with van der Waals surface area (Å²) < 4.78 is 10.6. The van der Waals surface area contributed by atoms with Gasteiger partial charge in [-0.25, -0.2) is 9.97 Å². The Morgan fingerprint density at radius 2 is 1.86 bits per heavy atom. The first-order valence-corrected chi connectivity index (χ1v) is 9.22. The summed E-state index contributed by atoms with van der Waals surface area (Å²) >= 11 is 6.08. The van der Waals surface area contributed by atoms with Gasteiger partial charge in [-0.2, -0.15) is 5.10 Å². The minimum Gasteiger partial charge on any atom is -0.493 e. The van der Waals surface area contributed by atoms with E-state index < -0.39 is 0 Å². The maximum Gasteiger partial charge on any atom is 0.162 e. The second-order valence-corrected chi connectivity index (χ2v) is 6.63. The molecule has 29 heavy (non-hydrogen) atoms. The minimum absolute atomic E-state index is 0.534. The van der Waals surface area contributed by atoms with Gasteiger partial charge in [-0.05, 0) is 35.9 Å². The number of nitrogens with one attached hydrogen (secondary N) is 3. The Morgan fingerprint density at radius 3 is 2.66 bits per heavy atom. The number of hydrogen-bond donors (Lipinski definition) is 3. The van der Waals surface area contributed by atoms with Crippen LogP contribution in [0.4, 0.5) is 17.3 Å². The van der Waals surface area contributed by atoms with Gasteiger partial charge in [0.25, 0.3) is 0 Å². The van der Waals surface area contributed by atoms with E-state index in [1.54, 1.807) is 14.2 Å². The molecule has 148 valence electrons. The number of hydrogen-bond acceptors (Lipinski definition) is 7. The molecule has 2 aromatic carbocycles. The van der Waals surface area contributed by atoms with Crippen LogP contribution >= 0.6 is 11.6 Å². The van der Waals surface area contributed by atoms with E-state index in [-0.39, 0.29) is 0 Å². The zero-order valence-electron chi connectivity index (χ0n) is 15.9. The normalized spacial score (nSPS) is 10.7. The average Bonchev–Trinajstić information content (AvgIpc) is 3.16. The molecule has 0 saturated heterocycles. The summed E-state index contributed by atoms with van der Waals surface area (Å²) in [5, 5.41) is 15.3. The van der Waals surface area contributed by atoms with Crippen molar-refractivity contribution in [2.24, 2.45) is 0 Å². The summed E-state index contributed by atoms with van der Waals surface area (Å²) in [6, 6.07) is 13.2. The van der Waals surface area contributed by atoms with Crippen LogP contribution in [0.2, 0.25) is 5.02 Å². The molecule has 2 aromatic heterocycles. The number of nitrogens with zero attached hydrogens (tertiary/aromatic N) is 3. The Morgan fingerprint density at radius 1 is 1.00 bits per heavy atom. The first-order valence-electron chi connectivity index (χ1n) is 8.84. The van der Waals surface area contributed by atoms with Gasteiger partial charge in [0.05, 0.1) is 14.2 Å². The highest BCUT2D eigenvalue weighted by Crippen LogP contribution is 2.30. The third-order valence-electron chi connectivity index (χ3n) is 4.35. The summed E-state index contributed by atoms with van der Waals surface area (Å²) in [5.74, 6) is 2.62. The number of rotatable bonds is 7. The molecule has 4 aromatic rings. The van der Waals surface area contributed by atoms with Crippen molar-refractivity contribution in [1.29, 1.82) is 0 Å². The van der Waals surface area contributed by atoms with Gasteiger partial charge < -0.3 is 20.1 Å². The minimum atomic E-state index is 0.534. The number of aromatic nitrogens is 4. The van der Waals surface area contributed by atoms with Crippen LogP contribution in [-0.2, 0) is 6.54 Å². The van der Waals surface area contributed by atoms with E-state index in [0.717, 1.165) is 16.6 Å². The van der Waals surface area contributed by atoms with Crippen LogP contribution in [0.3, 0.4) is 0 Å². The van der Waals surface area contributed by atoms with Crippen molar-refractivity contribution < 1.29 is 9.47 Å². The molecular formula is C20H19ClN6O2. The average molecular weight is 411 g/mol. The summed E-state index contributed by atoms with van der Waals surface area (Å²) in [4.78, 5) is 8.62. The number of aromatic amines is 1. The number of halogens is 1. The summed E-state index contributed by atoms with van der Waals surface area (Å²) in [6.07, 6.45) is 1.48. The van der Waals surface area contributed by atoms with Crippen molar-refractivity contribution in [3.05, 3.63) is 59.4 Å². The highest BCUT2D eigenvalue weighted by Gasteiger charge is 2.14. The first-order chi connectivity index (χ1) is 14.2. The molecule has 0 aliphatic carbocycles. The van der Waals surface area contributed by atoms with Crippen LogP contribution in [0.1, 0.15) is 5.56 Å². The van der Waals surface area contributed by atoms with Gasteiger partial charge in [-0.3, -0.25) is 5.10 Å². The number of ether oxygens (including phenoxy) is 2. The lowest BCUT2D eigenvalue weighted by molar-refractivity contribution is 0.354. The van der Waals surface area contributed by atoms with Crippen molar-refractivity contribution in [2.45, 2.75) is 6.54 Å². The lowest BCUT2D eigenvalue weighted by Gasteiger charge is -2.11. The molecule has 3 N–H and O–H groups in total. The summed E-state index contributed by atoms with van der Waals surface area (Å²) in [7, 11) is 3.22. The molecule has 0 saturated carbocycles. The van der Waals surface area contributed by atoms with Crippen molar-refractivity contribution in [3.63, 3.8) is 0 Å². The van der Waals surface area contributed by atoms with Crippen molar-refractivity contribution >= 4 is 40.0 Å². The third-order valence-corrected chi connectivity index (χ3v) is 4.59. The molecule has 0 radical (unpaired) electrons. The molecule has 0 aliphatic heterocycles. The van der Waals surface area contributed by atoms with Gasteiger partial charge in [-0.1, -0.05) is 23.7 Å². The quantitative estimate of drug-likeness (QED) is 0.416. The molecule has 0 bridgehead atoms. The molecule has 2 heterocycles. The topological polar surface area (TPSA) is 97.0 Å². The predicted molar refractivity (Wildman–Crippen MR) is 113 cm³/mol. The van der Waals surface area contributed by atoms with Crippen molar-refractivity contribution in [1.82, 2.24) is 20.2 Å². The molecule has 8 nitrogen and oxygen atoms in total. The Bertz CT molecular complexity index is 1150. The Hall–Kier alpha value is -3.52. The van der Waals surface area contributed by atoms with Crippen LogP contribution in [0.25, 0.3) is 11.0 Å². The van der Waals surface area contributed by atoms with Crippen molar-refractivity contribution in [3.8, 4) is 11.5 Å². The molecule has 0 spiro atoms. The molecule has 0 fully saturated rings. The number of methoxy groups -OCH3 is 2. The molecule has 9 heteroatoms. The molecule has 0 atom stereocenters. The Labute approximate surface area is 172 Å². The second kappa shape index (κ2) is 8.24. The van der Waals surface area contributed by atoms with Crippen LogP contribution in [0, 0.1) is 0 Å². The Balaban J connectivity index is 1.60. The van der Waals surface area contributed by atoms with E-state index in [0.29, 0.717) is 40.3 Å². The number of anilines is 3. The smallest absolute Gasteiger partial charge is 0.162 e. The maximum atomic E-state index is 6.08. The standard InChI is InChI=1S/C20H19ClN6O2/c1-28-15-7-6-12(8-16(15)29-2)10-22-19-17-18(23-11-24-20(17)27-26-19)25-14-5-3-4-13(21)9-14/h3-9,11H,10H2,1-2H3,(H3,22,23,24,25,26,27). The van der Waals surface area contributed by atoms with Gasteiger partial charge in [0.15, 0.2) is 23.0 Å². The fourth-order valence-electron chi connectivity index (χ4n) is 2.96. The molecule has 0 aliphatic rings. The largest absolute Gasteiger partial charge is 0.493 e. The highest BCUT2D eigenvalue weighted by molar-refractivity contribution is 6.30. The number of benzene rings is 2. The van der Waals surface area contributed by atoms with Crippen LogP contribution in [0.5, 0.6) is 11.5 Å². The maximum absolute atomic E-state index is 6.08. The van der Waals surface area contributed by atoms with Gasteiger partial charge in [0, 0.05) is 17.3 Å². The van der Waals surface area contributed by atoms with Gasteiger partial charge in [0.1, 0.15) is 17.5 Å². The third kappa shape index (κ3) is 4.02. The zero-order chi connectivity index (χ0) is 20.2. The molecule has 0 amide bonds. The highest BCUT2D eigenvalue weighted by atomic mass is 35.5. The second-order valence-electron chi connectivity index (χ2n) is 6.20. The fourth-order valence-corrected chi connectivity index (χ4v) is 3.15. The predicted octanol–water partition coefficient (Wildman–Crippen LogP) is 4.38. The molecule has 4 rings (SSSR count). The molecular weight excluding hydrogens is 392 g/mol. The van der Waals surface area contributed by atoms with Crippen LogP contribution in [0.15, 0.2) is 48.8 Å². The summed E-state index contributed by atoms with van der Waals surface area (Å²) in [5.41, 5.74) is 2.46. The monoisotopic (exact) mass is 410 g/mol. The van der Waals surface area contributed by atoms with E-state index in [1.807, 2.05) is 42.5 Å². The van der Waals surface area contributed by atoms with Crippen molar-refractivity contribution in [2.75, 3.05) is 24.9 Å². The van der Waals surface area contributed by atoms with E-state index >= 15 is 0 Å². The van der Waals surface area contributed by atoms with Gasteiger partial charge >= 0.3 is 0 Å². The van der Waals surface area contributed by atoms with E-state index in [4.69, 9.17) is 21.1 Å². The lowest BCUT2D eigenvalue weighted by atomic mass is 10.2. The fraction of sp³-hybridized carbons (Fsp3) is 0.150. The van der Waals surface area contributed by atoms with Gasteiger partial charge in [-0.15, -0.1) is 0 Å². The number of fused-ring (bicyclic) bond motifs is 1. The van der Waals surface area contributed by atoms with E-state index in [9.17, 15) is 0 Å². The molecule has 0 unspecified atom stereocenters. The Kier molecular flexibility index (Phi) is 5.35.